The molecule has 2 aromatic carbocycles. The molecule has 5 heteroatoms. The third-order valence-electron chi connectivity index (χ3n) is 2.42. The molecule has 0 atom stereocenters. The molecule has 0 radical (unpaired) electrons. The molecule has 0 fully saturated rings. The van der Waals surface area contributed by atoms with Gasteiger partial charge in [0.05, 0.1) is 5.56 Å². The van der Waals surface area contributed by atoms with E-state index in [1.54, 1.807) is 42.5 Å². The number of rotatable bonds is 2. The molecule has 0 unspecified atom stereocenters. The van der Waals surface area contributed by atoms with E-state index in [1.165, 1.54) is 0 Å². The number of nitrogen functional groups attached to an aromatic ring is 2. The summed E-state index contributed by atoms with van der Waals surface area (Å²) in [5, 5.41) is 3.34. The van der Waals surface area contributed by atoms with Crippen LogP contribution >= 0.6 is 11.6 Å². The van der Waals surface area contributed by atoms with Crippen LogP contribution in [-0.4, -0.2) is 5.91 Å². The predicted molar refractivity (Wildman–Crippen MR) is 74.7 cm³/mol. The fraction of sp³-hybridized carbons (Fsp3) is 0. The molecule has 0 spiro atoms. The van der Waals surface area contributed by atoms with Gasteiger partial charge in [-0.3, -0.25) is 4.79 Å². The molecule has 0 aliphatic rings. The van der Waals surface area contributed by atoms with Crippen LogP contribution in [0.5, 0.6) is 0 Å². The van der Waals surface area contributed by atoms with Gasteiger partial charge in [0.2, 0.25) is 0 Å². The first kappa shape index (κ1) is 12.3. The van der Waals surface area contributed by atoms with Gasteiger partial charge in [-0.1, -0.05) is 11.6 Å². The van der Waals surface area contributed by atoms with Gasteiger partial charge in [0.1, 0.15) is 0 Å². The van der Waals surface area contributed by atoms with E-state index in [1.807, 2.05) is 0 Å². The number of anilines is 3. The van der Waals surface area contributed by atoms with Gasteiger partial charge in [-0.15, -0.1) is 0 Å². The first-order valence-corrected chi connectivity index (χ1v) is 5.66. The molecule has 0 bridgehead atoms. The van der Waals surface area contributed by atoms with Crippen LogP contribution in [0.2, 0.25) is 5.02 Å². The fourth-order valence-electron chi connectivity index (χ4n) is 1.52. The van der Waals surface area contributed by atoms with Gasteiger partial charge >= 0.3 is 0 Å². The van der Waals surface area contributed by atoms with Crippen LogP contribution in [0.1, 0.15) is 10.4 Å². The van der Waals surface area contributed by atoms with Crippen LogP contribution in [-0.2, 0) is 0 Å². The Labute approximate surface area is 110 Å². The summed E-state index contributed by atoms with van der Waals surface area (Å²) in [6.07, 6.45) is 0. The Bertz CT molecular complexity index is 581. The highest BCUT2D eigenvalue weighted by Gasteiger charge is 2.09. The van der Waals surface area contributed by atoms with Crippen LogP contribution in [0.25, 0.3) is 0 Å². The first-order valence-electron chi connectivity index (χ1n) is 5.28. The maximum atomic E-state index is 12.0. The summed E-state index contributed by atoms with van der Waals surface area (Å²) in [7, 11) is 0. The lowest BCUT2D eigenvalue weighted by atomic mass is 10.1. The van der Waals surface area contributed by atoms with Gasteiger partial charge in [0, 0.05) is 22.1 Å². The van der Waals surface area contributed by atoms with Crippen molar-refractivity contribution in [3.05, 3.63) is 53.1 Å². The number of benzene rings is 2. The van der Waals surface area contributed by atoms with E-state index >= 15 is 0 Å². The van der Waals surface area contributed by atoms with Crippen molar-refractivity contribution in [1.29, 1.82) is 0 Å². The van der Waals surface area contributed by atoms with Crippen molar-refractivity contribution in [1.82, 2.24) is 0 Å². The number of amides is 1. The second kappa shape index (κ2) is 4.98. The molecule has 92 valence electrons. The topological polar surface area (TPSA) is 81.1 Å². The Morgan fingerprint density at radius 3 is 2.33 bits per heavy atom. The number of hydrogen-bond donors (Lipinski definition) is 3. The van der Waals surface area contributed by atoms with E-state index in [4.69, 9.17) is 23.1 Å². The van der Waals surface area contributed by atoms with E-state index in [0.717, 1.165) is 0 Å². The van der Waals surface area contributed by atoms with E-state index in [2.05, 4.69) is 5.32 Å². The summed E-state index contributed by atoms with van der Waals surface area (Å²) in [6.45, 7) is 0. The number of hydrogen-bond acceptors (Lipinski definition) is 3. The van der Waals surface area contributed by atoms with Crippen molar-refractivity contribution in [2.24, 2.45) is 0 Å². The van der Waals surface area contributed by atoms with E-state index in [-0.39, 0.29) is 5.91 Å². The molecule has 0 aliphatic heterocycles. The van der Waals surface area contributed by atoms with Crippen LogP contribution in [0.3, 0.4) is 0 Å². The Hall–Kier alpha value is -2.20. The minimum Gasteiger partial charge on any atom is -0.399 e. The second-order valence-corrected chi connectivity index (χ2v) is 4.24. The summed E-state index contributed by atoms with van der Waals surface area (Å²) < 4.78 is 0. The normalized spacial score (nSPS) is 10.1. The molecule has 0 saturated carbocycles. The standard InChI is InChI=1S/C13H12ClN3O/c14-8-1-4-10(5-2-8)17-13(18)11-6-3-9(15)7-12(11)16/h1-7H,15-16H2,(H,17,18). The summed E-state index contributed by atoms with van der Waals surface area (Å²) in [5.41, 5.74) is 13.2. The molecule has 18 heavy (non-hydrogen) atoms. The Balaban J connectivity index is 2.19. The Morgan fingerprint density at radius 2 is 1.72 bits per heavy atom. The lowest BCUT2D eigenvalue weighted by molar-refractivity contribution is 0.102. The number of nitrogens with one attached hydrogen (secondary N) is 1. The molecule has 4 nitrogen and oxygen atoms in total. The second-order valence-electron chi connectivity index (χ2n) is 3.81. The summed E-state index contributed by atoms with van der Waals surface area (Å²) in [5.74, 6) is -0.283. The molecule has 0 heterocycles. The van der Waals surface area contributed by atoms with Gasteiger partial charge in [-0.2, -0.15) is 0 Å². The average molecular weight is 262 g/mol. The largest absolute Gasteiger partial charge is 0.399 e. The summed E-state index contributed by atoms with van der Waals surface area (Å²) in [4.78, 5) is 12.0. The molecule has 5 N–H and O–H groups in total. The van der Waals surface area contributed by atoms with Gasteiger partial charge in [0.25, 0.3) is 5.91 Å². The van der Waals surface area contributed by atoms with Crippen LogP contribution in [0, 0.1) is 0 Å². The average Bonchev–Trinajstić information content (AvgIpc) is 2.32. The van der Waals surface area contributed by atoms with Crippen molar-refractivity contribution >= 4 is 34.6 Å². The monoisotopic (exact) mass is 261 g/mol. The van der Waals surface area contributed by atoms with Crippen molar-refractivity contribution in [2.75, 3.05) is 16.8 Å². The highest BCUT2D eigenvalue weighted by atomic mass is 35.5. The first-order chi connectivity index (χ1) is 8.56. The zero-order chi connectivity index (χ0) is 13.1. The van der Waals surface area contributed by atoms with Crippen LogP contribution < -0.4 is 16.8 Å². The SMILES string of the molecule is Nc1ccc(C(=O)Nc2ccc(Cl)cc2)c(N)c1. The molecule has 2 rings (SSSR count). The number of nitrogens with two attached hydrogens (primary N) is 2. The highest BCUT2D eigenvalue weighted by molar-refractivity contribution is 6.30. The van der Waals surface area contributed by atoms with Gasteiger partial charge < -0.3 is 16.8 Å². The highest BCUT2D eigenvalue weighted by Crippen LogP contribution is 2.18. The summed E-state index contributed by atoms with van der Waals surface area (Å²) in [6, 6.07) is 11.6. The number of halogens is 1. The van der Waals surface area contributed by atoms with Crippen molar-refractivity contribution in [3.63, 3.8) is 0 Å². The maximum Gasteiger partial charge on any atom is 0.257 e. The molecule has 0 aromatic heterocycles. The smallest absolute Gasteiger partial charge is 0.257 e. The fourth-order valence-corrected chi connectivity index (χ4v) is 1.65. The number of carbonyl (C=O) groups is 1. The lowest BCUT2D eigenvalue weighted by Crippen LogP contribution is -2.14. The van der Waals surface area contributed by atoms with Gasteiger partial charge in [-0.25, -0.2) is 0 Å². The minimum absolute atomic E-state index is 0.283. The molecular weight excluding hydrogens is 250 g/mol. The van der Waals surface area contributed by atoms with E-state index in [0.29, 0.717) is 27.6 Å². The molecule has 2 aromatic rings. The van der Waals surface area contributed by atoms with Crippen LogP contribution in [0.15, 0.2) is 42.5 Å². The molecule has 0 saturated heterocycles. The molecule has 0 aliphatic carbocycles. The Kier molecular flexibility index (Phi) is 3.39. The van der Waals surface area contributed by atoms with Crippen molar-refractivity contribution < 1.29 is 4.79 Å². The quantitative estimate of drug-likeness (QED) is 0.727. The third-order valence-corrected chi connectivity index (χ3v) is 2.67. The Morgan fingerprint density at radius 1 is 1.06 bits per heavy atom. The zero-order valence-electron chi connectivity index (χ0n) is 9.48. The lowest BCUT2D eigenvalue weighted by Gasteiger charge is -2.08. The van der Waals surface area contributed by atoms with Crippen LogP contribution in [0.4, 0.5) is 17.1 Å². The molecular formula is C13H12ClN3O. The predicted octanol–water partition coefficient (Wildman–Crippen LogP) is 2.76. The van der Waals surface area contributed by atoms with E-state index in [9.17, 15) is 4.79 Å². The third kappa shape index (κ3) is 2.73. The van der Waals surface area contributed by atoms with Crippen molar-refractivity contribution in [2.45, 2.75) is 0 Å². The molecule has 1 amide bonds. The summed E-state index contributed by atoms with van der Waals surface area (Å²) >= 11 is 5.76. The number of carbonyl (C=O) groups excluding carboxylic acids is 1. The maximum absolute atomic E-state index is 12.0. The minimum atomic E-state index is -0.283. The van der Waals surface area contributed by atoms with Crippen molar-refractivity contribution in [3.8, 4) is 0 Å². The van der Waals surface area contributed by atoms with E-state index < -0.39 is 0 Å². The van der Waals surface area contributed by atoms with Gasteiger partial charge in [-0.05, 0) is 42.5 Å². The van der Waals surface area contributed by atoms with Gasteiger partial charge in [0.15, 0.2) is 0 Å². The zero-order valence-corrected chi connectivity index (χ0v) is 10.2.